The van der Waals surface area contributed by atoms with Gasteiger partial charge in [-0.25, -0.2) is 4.79 Å². The third-order valence-electron chi connectivity index (χ3n) is 5.25. The monoisotopic (exact) mass is 440 g/mol. The largest absolute Gasteiger partial charge is 0.463 e. The van der Waals surface area contributed by atoms with Gasteiger partial charge in [0.15, 0.2) is 0 Å². The third kappa shape index (κ3) is 5.05. The van der Waals surface area contributed by atoms with E-state index >= 15 is 0 Å². The van der Waals surface area contributed by atoms with Crippen LogP contribution in [0, 0.1) is 0 Å². The summed E-state index contributed by atoms with van der Waals surface area (Å²) in [6.45, 7) is 2.49. The molecule has 9 nitrogen and oxygen atoms in total. The molecule has 1 aliphatic rings. The molecule has 0 radical (unpaired) electrons. The van der Waals surface area contributed by atoms with Crippen molar-refractivity contribution in [1.29, 1.82) is 0 Å². The zero-order valence-corrected chi connectivity index (χ0v) is 17.9. The van der Waals surface area contributed by atoms with E-state index in [0.29, 0.717) is 11.8 Å². The van der Waals surface area contributed by atoms with Gasteiger partial charge in [0, 0.05) is 32.9 Å². The van der Waals surface area contributed by atoms with E-state index in [-0.39, 0.29) is 18.7 Å². The molecule has 2 aromatic heterocycles. The highest BCUT2D eigenvalue weighted by molar-refractivity contribution is 5.72. The number of esters is 2. The van der Waals surface area contributed by atoms with Crippen LogP contribution >= 0.6 is 0 Å². The van der Waals surface area contributed by atoms with Crippen molar-refractivity contribution in [2.24, 2.45) is 0 Å². The van der Waals surface area contributed by atoms with Crippen LogP contribution in [0.5, 0.6) is 0 Å². The lowest BCUT2D eigenvalue weighted by Gasteiger charge is -2.17. The first kappa shape index (κ1) is 21.8. The molecule has 3 heterocycles. The maximum atomic E-state index is 12.6. The standard InChI is InChI=1S/C23H24N2O7/c1-14(26)29-13-20-19(30-15(2)27)11-21(32-20)25-12-17-10-18(31-22(17)24-23(25)28)9-8-16-6-4-3-5-7-16/h3-7,10,12,19-21H,8-9,11,13H2,1-2H3/t19-,20+,21+/m0/s1. The topological polar surface area (TPSA) is 110 Å². The maximum absolute atomic E-state index is 12.6. The molecule has 1 fully saturated rings. The summed E-state index contributed by atoms with van der Waals surface area (Å²) < 4.78 is 23.3. The number of benzene rings is 1. The fraction of sp³-hybridized carbons (Fsp3) is 0.391. The van der Waals surface area contributed by atoms with E-state index in [4.69, 9.17) is 18.6 Å². The number of nitrogens with zero attached hydrogens (tertiary/aromatic N) is 2. The zero-order valence-electron chi connectivity index (χ0n) is 17.9. The quantitative estimate of drug-likeness (QED) is 0.516. The van der Waals surface area contributed by atoms with Crippen molar-refractivity contribution in [2.45, 2.75) is 51.5 Å². The van der Waals surface area contributed by atoms with Gasteiger partial charge in [0.1, 0.15) is 30.8 Å². The molecule has 0 amide bonds. The van der Waals surface area contributed by atoms with Gasteiger partial charge in [0.05, 0.1) is 5.39 Å². The molecule has 1 saturated heterocycles. The van der Waals surface area contributed by atoms with E-state index in [1.54, 1.807) is 6.20 Å². The van der Waals surface area contributed by atoms with E-state index in [2.05, 4.69) is 4.98 Å². The van der Waals surface area contributed by atoms with Crippen LogP contribution in [0.3, 0.4) is 0 Å². The molecule has 32 heavy (non-hydrogen) atoms. The average Bonchev–Trinajstić information content (AvgIpc) is 3.33. The summed E-state index contributed by atoms with van der Waals surface area (Å²) in [5.41, 5.74) is 0.914. The van der Waals surface area contributed by atoms with Crippen LogP contribution in [-0.4, -0.2) is 40.3 Å². The van der Waals surface area contributed by atoms with Gasteiger partial charge in [-0.05, 0) is 18.1 Å². The SMILES string of the molecule is CC(=O)OC[C@H]1O[C@@H](n2cc3cc(CCc4ccccc4)oc3nc2=O)C[C@@H]1OC(C)=O. The predicted molar refractivity (Wildman–Crippen MR) is 113 cm³/mol. The second-order valence-corrected chi connectivity index (χ2v) is 7.70. The Balaban J connectivity index is 1.52. The number of rotatable bonds is 7. The van der Waals surface area contributed by atoms with Gasteiger partial charge in [-0.15, -0.1) is 0 Å². The van der Waals surface area contributed by atoms with Crippen molar-refractivity contribution < 1.29 is 28.2 Å². The molecular formula is C23H24N2O7. The summed E-state index contributed by atoms with van der Waals surface area (Å²) in [6.07, 6.45) is 1.30. The Labute approximate surface area is 183 Å². The molecule has 1 aliphatic heterocycles. The number of ether oxygens (including phenoxy) is 3. The minimum absolute atomic E-state index is 0.0798. The summed E-state index contributed by atoms with van der Waals surface area (Å²) in [5.74, 6) is -0.224. The lowest BCUT2D eigenvalue weighted by atomic mass is 10.1. The van der Waals surface area contributed by atoms with E-state index in [1.165, 1.54) is 24.0 Å². The second kappa shape index (κ2) is 9.35. The first-order valence-electron chi connectivity index (χ1n) is 10.4. The van der Waals surface area contributed by atoms with Crippen LogP contribution in [-0.2, 0) is 36.6 Å². The van der Waals surface area contributed by atoms with Crippen molar-refractivity contribution >= 4 is 23.0 Å². The minimum atomic E-state index is -0.716. The van der Waals surface area contributed by atoms with E-state index in [1.807, 2.05) is 36.4 Å². The molecule has 9 heteroatoms. The van der Waals surface area contributed by atoms with Gasteiger partial charge in [0.2, 0.25) is 5.71 Å². The van der Waals surface area contributed by atoms with Gasteiger partial charge in [0.25, 0.3) is 0 Å². The third-order valence-corrected chi connectivity index (χ3v) is 5.25. The summed E-state index contributed by atoms with van der Waals surface area (Å²) in [6, 6.07) is 11.9. The molecule has 0 unspecified atom stereocenters. The molecule has 0 aliphatic carbocycles. The number of furan rings is 1. The summed E-state index contributed by atoms with van der Waals surface area (Å²) in [5, 5.41) is 0.670. The molecule has 3 aromatic rings. The average molecular weight is 440 g/mol. The van der Waals surface area contributed by atoms with Crippen LogP contribution in [0.1, 0.15) is 37.8 Å². The van der Waals surface area contributed by atoms with Crippen LogP contribution in [0.4, 0.5) is 0 Å². The number of carbonyl (C=O) groups excluding carboxylic acids is 2. The van der Waals surface area contributed by atoms with Crippen LogP contribution in [0.25, 0.3) is 11.1 Å². The summed E-state index contributed by atoms with van der Waals surface area (Å²) >= 11 is 0. The number of aryl methyl sites for hydroxylation is 2. The van der Waals surface area contributed by atoms with Gasteiger partial charge in [-0.3, -0.25) is 14.2 Å². The highest BCUT2D eigenvalue weighted by Crippen LogP contribution is 2.31. The molecular weight excluding hydrogens is 416 g/mol. The van der Waals surface area contributed by atoms with Crippen molar-refractivity contribution in [3.05, 3.63) is 64.4 Å². The Morgan fingerprint density at radius 2 is 1.94 bits per heavy atom. The van der Waals surface area contributed by atoms with Crippen molar-refractivity contribution in [1.82, 2.24) is 9.55 Å². The van der Waals surface area contributed by atoms with Crippen molar-refractivity contribution in [2.75, 3.05) is 6.61 Å². The van der Waals surface area contributed by atoms with E-state index in [9.17, 15) is 14.4 Å². The second-order valence-electron chi connectivity index (χ2n) is 7.70. The molecule has 1 aromatic carbocycles. The Morgan fingerprint density at radius 3 is 2.66 bits per heavy atom. The van der Waals surface area contributed by atoms with Gasteiger partial charge >= 0.3 is 17.6 Å². The minimum Gasteiger partial charge on any atom is -0.463 e. The van der Waals surface area contributed by atoms with Gasteiger partial charge in [-0.1, -0.05) is 30.3 Å². The molecule has 0 bridgehead atoms. The highest BCUT2D eigenvalue weighted by Gasteiger charge is 2.39. The van der Waals surface area contributed by atoms with Gasteiger partial charge < -0.3 is 18.6 Å². The first-order chi connectivity index (χ1) is 15.4. The molecule has 0 N–H and O–H groups in total. The van der Waals surface area contributed by atoms with Crippen LogP contribution in [0.2, 0.25) is 0 Å². The lowest BCUT2D eigenvalue weighted by molar-refractivity contribution is -0.155. The Kier molecular flexibility index (Phi) is 6.36. The maximum Gasteiger partial charge on any atom is 0.353 e. The highest BCUT2D eigenvalue weighted by atomic mass is 16.6. The Hall–Kier alpha value is -3.46. The fourth-order valence-electron chi connectivity index (χ4n) is 3.78. The summed E-state index contributed by atoms with van der Waals surface area (Å²) in [7, 11) is 0. The number of fused-ring (bicyclic) bond motifs is 1. The molecule has 3 atom stereocenters. The fourth-order valence-corrected chi connectivity index (χ4v) is 3.78. The van der Waals surface area contributed by atoms with Crippen LogP contribution in [0.15, 0.2) is 51.8 Å². The first-order valence-corrected chi connectivity index (χ1v) is 10.4. The lowest BCUT2D eigenvalue weighted by Crippen LogP contribution is -2.31. The Morgan fingerprint density at radius 1 is 1.16 bits per heavy atom. The van der Waals surface area contributed by atoms with Crippen LogP contribution < -0.4 is 5.69 Å². The van der Waals surface area contributed by atoms with E-state index in [0.717, 1.165) is 12.2 Å². The predicted octanol–water partition coefficient (Wildman–Crippen LogP) is 2.56. The number of carbonyl (C=O) groups is 2. The number of aromatic nitrogens is 2. The number of hydrogen-bond donors (Lipinski definition) is 0. The molecule has 4 rings (SSSR count). The Bertz CT molecular complexity index is 1170. The van der Waals surface area contributed by atoms with Crippen molar-refractivity contribution in [3.63, 3.8) is 0 Å². The summed E-state index contributed by atoms with van der Waals surface area (Å²) in [4.78, 5) is 39.3. The normalized spacial score (nSPS) is 20.4. The molecule has 168 valence electrons. The van der Waals surface area contributed by atoms with Crippen molar-refractivity contribution in [3.8, 4) is 0 Å². The molecule has 0 saturated carbocycles. The zero-order chi connectivity index (χ0) is 22.7. The van der Waals surface area contributed by atoms with Gasteiger partial charge in [-0.2, -0.15) is 4.98 Å². The number of hydrogen-bond acceptors (Lipinski definition) is 8. The molecule has 0 spiro atoms. The van der Waals surface area contributed by atoms with E-state index < -0.39 is 36.1 Å². The smallest absolute Gasteiger partial charge is 0.353 e.